The van der Waals surface area contributed by atoms with E-state index in [1.165, 1.54) is 6.08 Å². The van der Waals surface area contributed by atoms with E-state index in [1.54, 1.807) is 6.08 Å². The Morgan fingerprint density at radius 2 is 1.64 bits per heavy atom. The van der Waals surface area contributed by atoms with Gasteiger partial charge in [0, 0.05) is 11.0 Å². The van der Waals surface area contributed by atoms with Gasteiger partial charge in [-0.2, -0.15) is 0 Å². The molecule has 0 heterocycles. The third kappa shape index (κ3) is 2.56. The monoisotopic (exact) mass is 292 g/mol. The van der Waals surface area contributed by atoms with Crippen molar-refractivity contribution in [3.63, 3.8) is 0 Å². The van der Waals surface area contributed by atoms with Crippen molar-refractivity contribution < 1.29 is 4.92 Å². The second kappa shape index (κ2) is 5.58. The van der Waals surface area contributed by atoms with Crippen LogP contribution in [0.1, 0.15) is 12.0 Å². The molecule has 0 bridgehead atoms. The molecule has 0 aromatic heterocycles. The van der Waals surface area contributed by atoms with Crippen molar-refractivity contribution in [2.75, 3.05) is 0 Å². The van der Waals surface area contributed by atoms with Crippen molar-refractivity contribution in [1.29, 1.82) is 0 Å². The number of nitro groups is 1. The molecular weight excluding hydrogens is 276 g/mol. The molecule has 3 rings (SSSR count). The summed E-state index contributed by atoms with van der Waals surface area (Å²) in [6.07, 6.45) is 5.25. The SMILES string of the molecule is NC1([N+](=O)[O-])C=CC(c2ccccc2-c2ccccc2)=CC1. The highest BCUT2D eigenvalue weighted by Gasteiger charge is 2.35. The second-order valence-electron chi connectivity index (χ2n) is 5.36. The number of nitrogens with zero attached hydrogens (tertiary/aromatic N) is 1. The predicted molar refractivity (Wildman–Crippen MR) is 87.5 cm³/mol. The summed E-state index contributed by atoms with van der Waals surface area (Å²) in [5.41, 5.74) is 8.50. The lowest BCUT2D eigenvalue weighted by Gasteiger charge is -2.20. The molecule has 4 heteroatoms. The Morgan fingerprint density at radius 3 is 2.23 bits per heavy atom. The predicted octanol–water partition coefficient (Wildman–Crippen LogP) is 3.63. The van der Waals surface area contributed by atoms with Crippen molar-refractivity contribution in [2.24, 2.45) is 5.73 Å². The highest BCUT2D eigenvalue weighted by Crippen LogP contribution is 2.32. The van der Waals surface area contributed by atoms with Crippen LogP contribution in [0.25, 0.3) is 16.7 Å². The molecule has 22 heavy (non-hydrogen) atoms. The van der Waals surface area contributed by atoms with Crippen molar-refractivity contribution in [3.05, 3.63) is 88.5 Å². The minimum absolute atomic E-state index is 0.189. The van der Waals surface area contributed by atoms with Crippen LogP contribution in [0.2, 0.25) is 0 Å². The molecule has 0 aliphatic heterocycles. The highest BCUT2D eigenvalue weighted by atomic mass is 16.6. The molecule has 2 aromatic rings. The first-order valence-corrected chi connectivity index (χ1v) is 7.08. The summed E-state index contributed by atoms with van der Waals surface area (Å²) in [5.74, 6) is 0. The van der Waals surface area contributed by atoms with E-state index in [2.05, 4.69) is 18.2 Å². The Balaban J connectivity index is 2.00. The molecule has 110 valence electrons. The number of rotatable bonds is 3. The zero-order valence-corrected chi connectivity index (χ0v) is 12.0. The largest absolute Gasteiger partial charge is 0.295 e. The minimum Gasteiger partial charge on any atom is -0.262 e. The van der Waals surface area contributed by atoms with E-state index in [0.29, 0.717) is 0 Å². The molecule has 0 saturated carbocycles. The Morgan fingerprint density at radius 1 is 1.00 bits per heavy atom. The van der Waals surface area contributed by atoms with Crippen LogP contribution in [-0.4, -0.2) is 10.6 Å². The summed E-state index contributed by atoms with van der Waals surface area (Å²) >= 11 is 0. The zero-order valence-electron chi connectivity index (χ0n) is 12.0. The first-order valence-electron chi connectivity index (χ1n) is 7.08. The van der Waals surface area contributed by atoms with Crippen molar-refractivity contribution in [1.82, 2.24) is 0 Å². The third-order valence-electron chi connectivity index (χ3n) is 3.86. The van der Waals surface area contributed by atoms with Crippen LogP contribution in [0, 0.1) is 10.1 Å². The minimum atomic E-state index is -1.49. The maximum Gasteiger partial charge on any atom is 0.295 e. The first kappa shape index (κ1) is 14.2. The van der Waals surface area contributed by atoms with Crippen LogP contribution < -0.4 is 5.73 Å². The Hall–Kier alpha value is -2.72. The summed E-state index contributed by atoms with van der Waals surface area (Å²) in [7, 11) is 0. The highest BCUT2D eigenvalue weighted by molar-refractivity contribution is 5.86. The van der Waals surface area contributed by atoms with E-state index in [-0.39, 0.29) is 6.42 Å². The maximum atomic E-state index is 11.0. The van der Waals surface area contributed by atoms with Gasteiger partial charge in [0.25, 0.3) is 5.66 Å². The van der Waals surface area contributed by atoms with Crippen molar-refractivity contribution in [2.45, 2.75) is 12.1 Å². The molecule has 1 aliphatic rings. The van der Waals surface area contributed by atoms with E-state index in [9.17, 15) is 10.1 Å². The maximum absolute atomic E-state index is 11.0. The van der Waals surface area contributed by atoms with Gasteiger partial charge in [0.1, 0.15) is 0 Å². The molecule has 0 amide bonds. The Labute approximate surface area is 128 Å². The van der Waals surface area contributed by atoms with Crippen LogP contribution in [0.15, 0.2) is 72.8 Å². The number of allylic oxidation sites excluding steroid dienone is 2. The molecule has 1 atom stereocenters. The fraction of sp³-hybridized carbons (Fsp3) is 0.111. The van der Waals surface area contributed by atoms with Crippen LogP contribution in [-0.2, 0) is 0 Å². The summed E-state index contributed by atoms with van der Waals surface area (Å²) in [4.78, 5) is 10.6. The normalized spacial score (nSPS) is 20.5. The van der Waals surface area contributed by atoms with Gasteiger partial charge in [-0.15, -0.1) is 0 Å². The average molecular weight is 292 g/mol. The summed E-state index contributed by atoms with van der Waals surface area (Å²) < 4.78 is 0. The lowest BCUT2D eigenvalue weighted by molar-refractivity contribution is -0.553. The van der Waals surface area contributed by atoms with Gasteiger partial charge in [0.15, 0.2) is 0 Å². The van der Waals surface area contributed by atoms with E-state index >= 15 is 0 Å². The summed E-state index contributed by atoms with van der Waals surface area (Å²) in [6, 6.07) is 18.1. The van der Waals surface area contributed by atoms with Crippen LogP contribution >= 0.6 is 0 Å². The van der Waals surface area contributed by atoms with Crippen LogP contribution in [0.5, 0.6) is 0 Å². The van der Waals surface area contributed by atoms with Gasteiger partial charge in [0.05, 0.1) is 6.42 Å². The van der Waals surface area contributed by atoms with Crippen LogP contribution in [0.4, 0.5) is 0 Å². The average Bonchev–Trinajstić information content (AvgIpc) is 2.56. The number of benzene rings is 2. The van der Waals surface area contributed by atoms with Crippen molar-refractivity contribution >= 4 is 5.57 Å². The van der Waals surface area contributed by atoms with Gasteiger partial charge in [0.2, 0.25) is 0 Å². The van der Waals surface area contributed by atoms with Gasteiger partial charge in [-0.25, -0.2) is 0 Å². The number of hydrogen-bond donors (Lipinski definition) is 1. The molecular formula is C18H16N2O2. The third-order valence-corrected chi connectivity index (χ3v) is 3.86. The molecule has 2 N–H and O–H groups in total. The van der Waals surface area contributed by atoms with Gasteiger partial charge < -0.3 is 0 Å². The zero-order chi connectivity index (χ0) is 15.6. The summed E-state index contributed by atoms with van der Waals surface area (Å²) in [6.45, 7) is 0. The van der Waals surface area contributed by atoms with Gasteiger partial charge >= 0.3 is 0 Å². The Bertz CT molecular complexity index is 766. The Kier molecular flexibility index (Phi) is 3.61. The fourth-order valence-corrected chi connectivity index (χ4v) is 2.58. The molecule has 0 radical (unpaired) electrons. The van der Waals surface area contributed by atoms with Gasteiger partial charge in [-0.3, -0.25) is 15.8 Å². The van der Waals surface area contributed by atoms with E-state index in [0.717, 1.165) is 22.3 Å². The summed E-state index contributed by atoms with van der Waals surface area (Å²) in [5, 5.41) is 11.0. The molecule has 2 aromatic carbocycles. The number of hydrogen-bond acceptors (Lipinski definition) is 3. The quantitative estimate of drug-likeness (QED) is 0.533. The molecule has 0 spiro atoms. The number of nitrogens with two attached hydrogens (primary N) is 1. The fourth-order valence-electron chi connectivity index (χ4n) is 2.58. The van der Waals surface area contributed by atoms with Gasteiger partial charge in [-0.05, 0) is 22.3 Å². The lowest BCUT2D eigenvalue weighted by atomic mass is 9.89. The smallest absolute Gasteiger partial charge is 0.262 e. The van der Waals surface area contributed by atoms with Crippen LogP contribution in [0.3, 0.4) is 0 Å². The van der Waals surface area contributed by atoms with E-state index < -0.39 is 10.6 Å². The lowest BCUT2D eigenvalue weighted by Crippen LogP contribution is -2.46. The van der Waals surface area contributed by atoms with E-state index in [4.69, 9.17) is 5.73 Å². The first-order chi connectivity index (χ1) is 10.6. The topological polar surface area (TPSA) is 69.2 Å². The standard InChI is InChI=1S/C18H16N2O2/c19-18(20(21)22)12-10-15(11-13-18)17-9-5-4-8-16(17)14-6-2-1-3-7-14/h1-12H,13,19H2. The van der Waals surface area contributed by atoms with E-state index in [1.807, 2.05) is 42.5 Å². The molecule has 0 saturated heterocycles. The molecule has 1 aliphatic carbocycles. The molecule has 1 unspecified atom stereocenters. The molecule has 0 fully saturated rings. The van der Waals surface area contributed by atoms with Gasteiger partial charge in [-0.1, -0.05) is 66.7 Å². The molecule has 4 nitrogen and oxygen atoms in total. The second-order valence-corrected chi connectivity index (χ2v) is 5.36. The van der Waals surface area contributed by atoms with Crippen molar-refractivity contribution in [3.8, 4) is 11.1 Å².